The quantitative estimate of drug-likeness (QED) is 0.646. The van der Waals surface area contributed by atoms with Crippen molar-refractivity contribution in [2.45, 2.75) is 35.7 Å². The molecule has 0 radical (unpaired) electrons. The van der Waals surface area contributed by atoms with Crippen LogP contribution in [0, 0.1) is 0 Å². The van der Waals surface area contributed by atoms with Crippen molar-refractivity contribution in [1.29, 1.82) is 0 Å². The number of carbonyl (C=O) groups excluding carboxylic acids is 1. The van der Waals surface area contributed by atoms with Crippen LogP contribution in [0.3, 0.4) is 0 Å². The second-order valence-electron chi connectivity index (χ2n) is 6.40. The number of benzene rings is 1. The van der Waals surface area contributed by atoms with Crippen LogP contribution in [0.4, 0.5) is 0 Å². The number of pyridine rings is 1. The lowest BCUT2D eigenvalue weighted by Crippen LogP contribution is -2.34. The number of amides is 1. The number of aromatic nitrogens is 1. The van der Waals surface area contributed by atoms with Gasteiger partial charge in [-0.2, -0.15) is 0 Å². The van der Waals surface area contributed by atoms with E-state index in [4.69, 9.17) is 0 Å². The second-order valence-corrected chi connectivity index (χ2v) is 9.55. The normalized spacial score (nSPS) is 12.7. The van der Waals surface area contributed by atoms with Crippen molar-refractivity contribution in [2.24, 2.45) is 0 Å². The van der Waals surface area contributed by atoms with Crippen molar-refractivity contribution in [3.63, 3.8) is 0 Å². The van der Waals surface area contributed by atoms with E-state index < -0.39 is 10.0 Å². The summed E-state index contributed by atoms with van der Waals surface area (Å²) >= 11 is 1.28. The minimum absolute atomic E-state index is 0.0626. The van der Waals surface area contributed by atoms with E-state index in [0.717, 1.165) is 17.1 Å². The van der Waals surface area contributed by atoms with Gasteiger partial charge in [0.25, 0.3) is 0 Å². The maximum atomic E-state index is 12.1. The van der Waals surface area contributed by atoms with E-state index in [1.807, 2.05) is 25.1 Å². The van der Waals surface area contributed by atoms with E-state index in [-0.39, 0.29) is 22.6 Å². The van der Waals surface area contributed by atoms with Gasteiger partial charge in [-0.1, -0.05) is 42.1 Å². The molecule has 0 aliphatic heterocycles. The van der Waals surface area contributed by atoms with Gasteiger partial charge in [-0.15, -0.1) is 0 Å². The number of nitrogens with one attached hydrogen (secondary N) is 1. The van der Waals surface area contributed by atoms with Crippen LogP contribution in [-0.2, 0) is 21.2 Å². The van der Waals surface area contributed by atoms with Crippen molar-refractivity contribution < 1.29 is 13.2 Å². The Labute approximate surface area is 165 Å². The molecule has 1 heterocycles. The highest BCUT2D eigenvalue weighted by molar-refractivity contribution is 7.99. The molecule has 1 atom stereocenters. The Morgan fingerprint density at radius 1 is 1.19 bits per heavy atom. The monoisotopic (exact) mass is 407 g/mol. The van der Waals surface area contributed by atoms with E-state index in [1.54, 1.807) is 6.07 Å². The van der Waals surface area contributed by atoms with Crippen molar-refractivity contribution in [3.05, 3.63) is 54.2 Å². The molecule has 0 unspecified atom stereocenters. The van der Waals surface area contributed by atoms with Crippen molar-refractivity contribution in [2.75, 3.05) is 19.8 Å². The summed E-state index contributed by atoms with van der Waals surface area (Å²) in [5.74, 6) is 0.176. The predicted molar refractivity (Wildman–Crippen MR) is 108 cm³/mol. The number of hydrogen-bond acceptors (Lipinski definition) is 5. The highest BCUT2D eigenvalue weighted by atomic mass is 32.2. The summed E-state index contributed by atoms with van der Waals surface area (Å²) in [5.41, 5.74) is 1.25. The minimum Gasteiger partial charge on any atom is -0.353 e. The van der Waals surface area contributed by atoms with E-state index >= 15 is 0 Å². The lowest BCUT2D eigenvalue weighted by molar-refractivity contribution is -0.119. The SMILES string of the molecule is C[C@@H](CCc1ccccc1)NC(=O)CSc1ccc(S(=O)(=O)N(C)C)cn1. The highest BCUT2D eigenvalue weighted by Crippen LogP contribution is 2.18. The third-order valence-corrected chi connectivity index (χ3v) is 6.70. The van der Waals surface area contributed by atoms with Gasteiger partial charge in [0, 0.05) is 26.3 Å². The zero-order chi connectivity index (χ0) is 19.9. The van der Waals surface area contributed by atoms with E-state index in [2.05, 4.69) is 22.4 Å². The van der Waals surface area contributed by atoms with Gasteiger partial charge in [0.1, 0.15) is 4.90 Å². The molecule has 2 aromatic rings. The molecule has 0 saturated carbocycles. The van der Waals surface area contributed by atoms with Crippen LogP contribution in [0.2, 0.25) is 0 Å². The zero-order valence-corrected chi connectivity index (χ0v) is 17.4. The summed E-state index contributed by atoms with van der Waals surface area (Å²) in [6.45, 7) is 1.99. The van der Waals surface area contributed by atoms with Gasteiger partial charge in [0.2, 0.25) is 15.9 Å². The summed E-state index contributed by atoms with van der Waals surface area (Å²) in [4.78, 5) is 16.4. The third-order valence-electron chi connectivity index (χ3n) is 3.96. The van der Waals surface area contributed by atoms with Crippen LogP contribution in [0.15, 0.2) is 58.6 Å². The third kappa shape index (κ3) is 6.64. The molecule has 8 heteroatoms. The average molecular weight is 408 g/mol. The van der Waals surface area contributed by atoms with Crippen LogP contribution in [0.1, 0.15) is 18.9 Å². The Kier molecular flexibility index (Phi) is 7.82. The first-order chi connectivity index (χ1) is 12.8. The molecule has 1 aromatic heterocycles. The molecule has 1 amide bonds. The maximum absolute atomic E-state index is 12.1. The van der Waals surface area contributed by atoms with Crippen LogP contribution < -0.4 is 5.32 Å². The Morgan fingerprint density at radius 2 is 1.89 bits per heavy atom. The Balaban J connectivity index is 1.78. The number of sulfonamides is 1. The van der Waals surface area contributed by atoms with Gasteiger partial charge in [-0.25, -0.2) is 17.7 Å². The summed E-state index contributed by atoms with van der Waals surface area (Å²) in [5, 5.41) is 3.59. The molecule has 0 saturated heterocycles. The number of thioether (sulfide) groups is 1. The molecular formula is C19H25N3O3S2. The van der Waals surface area contributed by atoms with Gasteiger partial charge in [-0.3, -0.25) is 4.79 Å². The molecular weight excluding hydrogens is 382 g/mol. The fourth-order valence-electron chi connectivity index (χ4n) is 2.37. The van der Waals surface area contributed by atoms with Crippen molar-refractivity contribution >= 4 is 27.7 Å². The molecule has 1 N–H and O–H groups in total. The molecule has 0 spiro atoms. The fourth-order valence-corrected chi connectivity index (χ4v) is 3.87. The first kappa shape index (κ1) is 21.4. The maximum Gasteiger partial charge on any atom is 0.244 e. The lowest BCUT2D eigenvalue weighted by atomic mass is 10.1. The molecule has 1 aromatic carbocycles. The average Bonchev–Trinajstić information content (AvgIpc) is 2.66. The molecule has 2 rings (SSSR count). The standard InChI is InChI=1S/C19H25N3O3S2/c1-15(9-10-16-7-5-4-6-8-16)21-18(23)14-26-19-12-11-17(13-20-19)27(24,25)22(2)3/h4-8,11-13,15H,9-10,14H2,1-3H3,(H,21,23)/t15-/m0/s1. The first-order valence-electron chi connectivity index (χ1n) is 8.63. The summed E-state index contributed by atoms with van der Waals surface area (Å²) in [6, 6.07) is 13.4. The minimum atomic E-state index is -3.49. The second kappa shape index (κ2) is 9.87. The fraction of sp³-hybridized carbons (Fsp3) is 0.368. The molecule has 0 bridgehead atoms. The van der Waals surface area contributed by atoms with E-state index in [1.165, 1.54) is 43.7 Å². The number of carbonyl (C=O) groups is 1. The Hall–Kier alpha value is -1.90. The summed E-state index contributed by atoms with van der Waals surface area (Å²) in [7, 11) is -0.541. The number of hydrogen-bond donors (Lipinski definition) is 1. The number of aryl methyl sites for hydroxylation is 1. The molecule has 0 fully saturated rings. The van der Waals surface area contributed by atoms with Gasteiger partial charge in [0.15, 0.2) is 0 Å². The lowest BCUT2D eigenvalue weighted by Gasteiger charge is -2.14. The van der Waals surface area contributed by atoms with Crippen LogP contribution in [-0.4, -0.2) is 49.5 Å². The van der Waals surface area contributed by atoms with Crippen LogP contribution in [0.25, 0.3) is 0 Å². The molecule has 6 nitrogen and oxygen atoms in total. The molecule has 146 valence electrons. The Morgan fingerprint density at radius 3 is 2.48 bits per heavy atom. The Bertz CT molecular complexity index is 838. The largest absolute Gasteiger partial charge is 0.353 e. The zero-order valence-electron chi connectivity index (χ0n) is 15.8. The molecule has 0 aliphatic rings. The van der Waals surface area contributed by atoms with E-state index in [0.29, 0.717) is 5.03 Å². The van der Waals surface area contributed by atoms with E-state index in [9.17, 15) is 13.2 Å². The van der Waals surface area contributed by atoms with Gasteiger partial charge in [0.05, 0.1) is 10.8 Å². The van der Waals surface area contributed by atoms with Gasteiger partial charge in [-0.05, 0) is 37.5 Å². The summed E-state index contributed by atoms with van der Waals surface area (Å²) in [6.07, 6.45) is 3.10. The molecule has 27 heavy (non-hydrogen) atoms. The highest BCUT2D eigenvalue weighted by Gasteiger charge is 2.17. The van der Waals surface area contributed by atoms with Crippen LogP contribution in [0.5, 0.6) is 0 Å². The van der Waals surface area contributed by atoms with Crippen molar-refractivity contribution in [3.8, 4) is 0 Å². The molecule has 0 aliphatic carbocycles. The number of nitrogens with zero attached hydrogens (tertiary/aromatic N) is 2. The smallest absolute Gasteiger partial charge is 0.244 e. The van der Waals surface area contributed by atoms with Gasteiger partial charge < -0.3 is 5.32 Å². The van der Waals surface area contributed by atoms with Crippen LogP contribution >= 0.6 is 11.8 Å². The number of rotatable bonds is 9. The predicted octanol–water partition coefficient (Wildman–Crippen LogP) is 2.56. The van der Waals surface area contributed by atoms with Gasteiger partial charge >= 0.3 is 0 Å². The first-order valence-corrected chi connectivity index (χ1v) is 11.1. The summed E-state index contributed by atoms with van der Waals surface area (Å²) < 4.78 is 25.2. The topological polar surface area (TPSA) is 79.4 Å². The van der Waals surface area contributed by atoms with Crippen molar-refractivity contribution in [1.82, 2.24) is 14.6 Å².